The highest BCUT2D eigenvalue weighted by atomic mass is 79.9. The van der Waals surface area contributed by atoms with Crippen molar-refractivity contribution >= 4 is 21.9 Å². The van der Waals surface area contributed by atoms with Crippen LogP contribution in [0, 0.1) is 0 Å². The van der Waals surface area contributed by atoms with E-state index in [1.54, 1.807) is 6.07 Å². The maximum absolute atomic E-state index is 11.0. The van der Waals surface area contributed by atoms with E-state index in [0.717, 1.165) is 0 Å². The number of aromatic amines is 1. The average molecular weight is 232 g/mol. The van der Waals surface area contributed by atoms with Gasteiger partial charge in [-0.2, -0.15) is 0 Å². The van der Waals surface area contributed by atoms with Crippen molar-refractivity contribution in [2.45, 2.75) is 6.42 Å². The Hall–Kier alpha value is -1.10. The van der Waals surface area contributed by atoms with Crippen LogP contribution in [0.2, 0.25) is 0 Å². The van der Waals surface area contributed by atoms with E-state index in [-0.39, 0.29) is 17.5 Å². The summed E-state index contributed by atoms with van der Waals surface area (Å²) in [6.07, 6.45) is 1.19. The first-order chi connectivity index (χ1) is 5.61. The first-order valence-electron chi connectivity index (χ1n) is 3.19. The van der Waals surface area contributed by atoms with Crippen molar-refractivity contribution in [2.24, 2.45) is 0 Å². The molecule has 0 radical (unpaired) electrons. The molecule has 0 amide bonds. The Balaban J connectivity index is 3.13. The molecule has 4 nitrogen and oxygen atoms in total. The molecule has 5 heteroatoms. The fraction of sp³-hybridized carbons (Fsp3) is 0.143. The third-order valence-corrected chi connectivity index (χ3v) is 2.08. The fourth-order valence-electron chi connectivity index (χ4n) is 0.803. The van der Waals surface area contributed by atoms with Crippen molar-refractivity contribution in [1.82, 2.24) is 4.98 Å². The Bertz CT molecular complexity index is 358. The summed E-state index contributed by atoms with van der Waals surface area (Å²) in [5.74, 6) is -1.02. The number of rotatable bonds is 2. The molecule has 0 unspecified atom stereocenters. The molecule has 12 heavy (non-hydrogen) atoms. The predicted octanol–water partition coefficient (Wildman–Crippen LogP) is 0.764. The van der Waals surface area contributed by atoms with Crippen LogP contribution in [0.15, 0.2) is 21.5 Å². The van der Waals surface area contributed by atoms with Gasteiger partial charge in [-0.25, -0.2) is 0 Å². The number of nitrogens with one attached hydrogen (secondary N) is 1. The average Bonchev–Trinajstić information content (AvgIpc) is 1.97. The maximum atomic E-state index is 11.0. The Morgan fingerprint density at radius 3 is 2.83 bits per heavy atom. The largest absolute Gasteiger partial charge is 0.481 e. The molecule has 0 aromatic carbocycles. The van der Waals surface area contributed by atoms with E-state index in [1.807, 2.05) is 0 Å². The van der Waals surface area contributed by atoms with Gasteiger partial charge in [0, 0.05) is 16.2 Å². The van der Waals surface area contributed by atoms with Crippen LogP contribution >= 0.6 is 15.9 Å². The summed E-state index contributed by atoms with van der Waals surface area (Å²) in [6.45, 7) is 0. The lowest BCUT2D eigenvalue weighted by Gasteiger charge is -1.97. The summed E-state index contributed by atoms with van der Waals surface area (Å²) in [5, 5.41) is 8.44. The van der Waals surface area contributed by atoms with Crippen LogP contribution in [0.25, 0.3) is 0 Å². The molecule has 0 spiro atoms. The summed E-state index contributed by atoms with van der Waals surface area (Å²) in [4.78, 5) is 23.7. The minimum atomic E-state index is -1.02. The number of hydrogen-bond donors (Lipinski definition) is 2. The zero-order valence-corrected chi connectivity index (χ0v) is 7.59. The second-order valence-electron chi connectivity index (χ2n) is 2.20. The van der Waals surface area contributed by atoms with Gasteiger partial charge in [-0.3, -0.25) is 9.59 Å². The fourth-order valence-corrected chi connectivity index (χ4v) is 1.26. The molecule has 0 fully saturated rings. The quantitative estimate of drug-likeness (QED) is 0.790. The first kappa shape index (κ1) is 8.99. The lowest BCUT2D eigenvalue weighted by molar-refractivity contribution is -0.136. The van der Waals surface area contributed by atoms with Gasteiger partial charge in [-0.05, 0) is 6.07 Å². The van der Waals surface area contributed by atoms with Crippen molar-refractivity contribution in [3.8, 4) is 0 Å². The second-order valence-corrected chi connectivity index (χ2v) is 3.06. The van der Waals surface area contributed by atoms with E-state index in [1.165, 1.54) is 6.20 Å². The summed E-state index contributed by atoms with van der Waals surface area (Å²) in [5.41, 5.74) is -0.128. The molecule has 0 aliphatic carbocycles. The first-order valence-corrected chi connectivity index (χ1v) is 3.98. The molecule has 64 valence electrons. The van der Waals surface area contributed by atoms with Crippen LogP contribution < -0.4 is 5.56 Å². The molecule has 1 heterocycles. The Kier molecular flexibility index (Phi) is 2.65. The molecule has 0 aliphatic heterocycles. The molecule has 2 N–H and O–H groups in total. The smallest absolute Gasteiger partial charge is 0.308 e. The van der Waals surface area contributed by atoms with Gasteiger partial charge in [0.2, 0.25) is 0 Å². The molecular weight excluding hydrogens is 226 g/mol. The van der Waals surface area contributed by atoms with Crippen LogP contribution in [0.4, 0.5) is 0 Å². The number of aromatic nitrogens is 1. The summed E-state index contributed by atoms with van der Waals surface area (Å²) in [7, 11) is 0. The number of hydrogen-bond acceptors (Lipinski definition) is 2. The van der Waals surface area contributed by atoms with Gasteiger partial charge in [0.1, 0.15) is 0 Å². The zero-order valence-electron chi connectivity index (χ0n) is 6.00. The van der Waals surface area contributed by atoms with Crippen molar-refractivity contribution in [1.29, 1.82) is 0 Å². The van der Waals surface area contributed by atoms with Gasteiger partial charge >= 0.3 is 5.97 Å². The van der Waals surface area contributed by atoms with E-state index in [4.69, 9.17) is 5.11 Å². The van der Waals surface area contributed by atoms with Crippen molar-refractivity contribution in [2.75, 3.05) is 0 Å². The van der Waals surface area contributed by atoms with Gasteiger partial charge in [-0.15, -0.1) is 0 Å². The van der Waals surface area contributed by atoms with Crippen LogP contribution in [0.3, 0.4) is 0 Å². The minimum absolute atomic E-state index is 0.241. The number of carboxylic acids is 1. The number of carbonyl (C=O) groups is 1. The molecular formula is C7H6BrNO3. The van der Waals surface area contributed by atoms with Gasteiger partial charge in [0.25, 0.3) is 5.56 Å². The monoisotopic (exact) mass is 231 g/mol. The number of aliphatic carboxylic acids is 1. The van der Waals surface area contributed by atoms with Gasteiger partial charge in [-0.1, -0.05) is 15.9 Å². The standard InChI is InChI=1S/C7H6BrNO3/c8-5-1-2-9-7(12)4(5)3-6(10)11/h1-2H,3H2,(H,9,12)(H,10,11). The maximum Gasteiger partial charge on any atom is 0.308 e. The number of pyridine rings is 1. The number of halogens is 1. The van der Waals surface area contributed by atoms with E-state index in [9.17, 15) is 9.59 Å². The predicted molar refractivity (Wildman–Crippen MR) is 46.1 cm³/mol. The van der Waals surface area contributed by atoms with E-state index >= 15 is 0 Å². The van der Waals surface area contributed by atoms with E-state index < -0.39 is 5.97 Å². The highest BCUT2D eigenvalue weighted by molar-refractivity contribution is 9.10. The van der Waals surface area contributed by atoms with Crippen molar-refractivity contribution in [3.05, 3.63) is 32.7 Å². The van der Waals surface area contributed by atoms with Crippen LogP contribution in [0.1, 0.15) is 5.56 Å². The molecule has 1 aromatic rings. The van der Waals surface area contributed by atoms with Crippen molar-refractivity contribution < 1.29 is 9.90 Å². The molecule has 0 atom stereocenters. The van der Waals surface area contributed by atoms with Crippen LogP contribution in [-0.2, 0) is 11.2 Å². The summed E-state index contributed by atoms with van der Waals surface area (Å²) < 4.78 is 0.522. The molecule has 1 aromatic heterocycles. The third kappa shape index (κ3) is 1.94. The van der Waals surface area contributed by atoms with Crippen LogP contribution in [-0.4, -0.2) is 16.1 Å². The SMILES string of the molecule is O=C(O)Cc1c(Br)cc[nH]c1=O. The normalized spacial score (nSPS) is 9.75. The second kappa shape index (κ2) is 3.53. The molecule has 0 aliphatic rings. The van der Waals surface area contributed by atoms with Gasteiger partial charge in [0.05, 0.1) is 6.42 Å². The Morgan fingerprint density at radius 1 is 1.67 bits per heavy atom. The lowest BCUT2D eigenvalue weighted by atomic mass is 10.2. The molecule has 0 saturated heterocycles. The third-order valence-electron chi connectivity index (χ3n) is 1.33. The summed E-state index contributed by atoms with van der Waals surface area (Å²) >= 11 is 3.09. The van der Waals surface area contributed by atoms with Gasteiger partial charge in [0.15, 0.2) is 0 Å². The Morgan fingerprint density at radius 2 is 2.33 bits per heavy atom. The van der Waals surface area contributed by atoms with Crippen molar-refractivity contribution in [3.63, 3.8) is 0 Å². The Labute approximate surface area is 76.4 Å². The van der Waals surface area contributed by atoms with E-state index in [2.05, 4.69) is 20.9 Å². The highest BCUT2D eigenvalue weighted by Crippen LogP contribution is 2.11. The molecule has 0 saturated carbocycles. The highest BCUT2D eigenvalue weighted by Gasteiger charge is 2.08. The van der Waals surface area contributed by atoms with Crippen LogP contribution in [0.5, 0.6) is 0 Å². The number of carboxylic acid groups (broad SMARTS) is 1. The lowest BCUT2D eigenvalue weighted by Crippen LogP contribution is -2.16. The van der Waals surface area contributed by atoms with E-state index in [0.29, 0.717) is 4.47 Å². The minimum Gasteiger partial charge on any atom is -0.481 e. The zero-order chi connectivity index (χ0) is 9.14. The summed E-state index contributed by atoms with van der Waals surface area (Å²) in [6, 6.07) is 1.60. The van der Waals surface area contributed by atoms with Gasteiger partial charge < -0.3 is 10.1 Å². The molecule has 1 rings (SSSR count). The topological polar surface area (TPSA) is 70.2 Å². The number of H-pyrrole nitrogens is 1. The molecule has 0 bridgehead atoms.